The number of hydrogen-bond donors (Lipinski definition) is 0. The first-order valence-corrected chi connectivity index (χ1v) is 6.15. The molecular weight excluding hydrogens is 237 g/mol. The predicted molar refractivity (Wildman–Crippen MR) is 67.1 cm³/mol. The van der Waals surface area contributed by atoms with Crippen LogP contribution in [0.3, 0.4) is 0 Å². The van der Waals surface area contributed by atoms with Crippen molar-refractivity contribution in [1.82, 2.24) is 0 Å². The smallest absolute Gasteiger partial charge is 0.166 e. The lowest BCUT2D eigenvalue weighted by Crippen LogP contribution is -2.15. The molecule has 0 heterocycles. The molecule has 1 aromatic carbocycles. The lowest BCUT2D eigenvalue weighted by molar-refractivity contribution is -0.137. The van der Waals surface area contributed by atoms with E-state index < -0.39 is 11.7 Å². The van der Waals surface area contributed by atoms with Crippen molar-refractivity contribution >= 4 is 5.57 Å². The molecule has 0 aliphatic heterocycles. The van der Waals surface area contributed by atoms with Crippen LogP contribution in [0.1, 0.15) is 44.2 Å². The van der Waals surface area contributed by atoms with Crippen LogP contribution in [0.25, 0.3) is 5.57 Å². The molecule has 0 aromatic heterocycles. The fourth-order valence-corrected chi connectivity index (χ4v) is 2.41. The Balaban J connectivity index is 2.23. The van der Waals surface area contributed by atoms with Crippen LogP contribution in [0.4, 0.5) is 13.2 Å². The van der Waals surface area contributed by atoms with Crippen molar-refractivity contribution in [2.45, 2.75) is 39.3 Å². The zero-order chi connectivity index (χ0) is 13.4. The van der Waals surface area contributed by atoms with Crippen molar-refractivity contribution < 1.29 is 13.2 Å². The van der Waals surface area contributed by atoms with E-state index in [1.54, 1.807) is 12.1 Å². The van der Waals surface area contributed by atoms with Gasteiger partial charge in [0.1, 0.15) is 0 Å². The molecule has 0 bridgehead atoms. The van der Waals surface area contributed by atoms with Crippen molar-refractivity contribution in [3.63, 3.8) is 0 Å². The third-order valence-corrected chi connectivity index (χ3v) is 3.46. The van der Waals surface area contributed by atoms with Crippen LogP contribution in [0.5, 0.6) is 0 Å². The Kier molecular flexibility index (Phi) is 3.26. The summed E-state index contributed by atoms with van der Waals surface area (Å²) in [6, 6.07) is 5.49. The van der Waals surface area contributed by atoms with Gasteiger partial charge in [-0.15, -0.1) is 0 Å². The minimum Gasteiger partial charge on any atom is -0.166 e. The van der Waals surface area contributed by atoms with Gasteiger partial charge in [-0.1, -0.05) is 32.1 Å². The lowest BCUT2D eigenvalue weighted by Gasteiger charge is -2.30. The Morgan fingerprint density at radius 2 is 1.67 bits per heavy atom. The highest BCUT2D eigenvalue weighted by Gasteiger charge is 2.30. The summed E-state index contributed by atoms with van der Waals surface area (Å²) in [6.07, 6.45) is 0.964. The molecule has 0 fully saturated rings. The molecule has 0 spiro atoms. The van der Waals surface area contributed by atoms with Crippen LogP contribution in [-0.4, -0.2) is 0 Å². The quantitative estimate of drug-likeness (QED) is 0.638. The number of allylic oxidation sites excluding steroid dienone is 2. The van der Waals surface area contributed by atoms with Crippen LogP contribution in [0.2, 0.25) is 0 Å². The first-order valence-electron chi connectivity index (χ1n) is 6.15. The second-order valence-corrected chi connectivity index (χ2v) is 5.68. The Hall–Kier alpha value is -1.25. The van der Waals surface area contributed by atoms with Gasteiger partial charge in [-0.2, -0.15) is 13.2 Å². The molecule has 0 atom stereocenters. The summed E-state index contributed by atoms with van der Waals surface area (Å²) >= 11 is 0. The minimum atomic E-state index is -4.25. The van der Waals surface area contributed by atoms with Gasteiger partial charge >= 0.3 is 6.18 Å². The highest BCUT2D eigenvalue weighted by atomic mass is 19.4. The summed E-state index contributed by atoms with van der Waals surface area (Å²) in [5.41, 5.74) is 1.74. The molecule has 98 valence electrons. The van der Waals surface area contributed by atoms with Gasteiger partial charge in [0.2, 0.25) is 0 Å². The molecule has 1 aromatic rings. The van der Waals surface area contributed by atoms with E-state index in [1.807, 2.05) is 0 Å². The summed E-state index contributed by atoms with van der Waals surface area (Å²) in [5, 5.41) is 0. The van der Waals surface area contributed by atoms with Gasteiger partial charge in [0.15, 0.2) is 0 Å². The standard InChI is InChI=1S/C15H17F3/c1-14(2)9-3-4-12(10-14)11-5-7-13(8-6-11)15(16,17)18/h4-8H,3,9-10H2,1-2H3. The third-order valence-electron chi connectivity index (χ3n) is 3.46. The van der Waals surface area contributed by atoms with Crippen LogP contribution in [0, 0.1) is 5.41 Å². The molecule has 18 heavy (non-hydrogen) atoms. The molecule has 1 aliphatic rings. The summed E-state index contributed by atoms with van der Waals surface area (Å²) in [4.78, 5) is 0. The average Bonchev–Trinajstić information content (AvgIpc) is 2.27. The Morgan fingerprint density at radius 1 is 1.06 bits per heavy atom. The summed E-state index contributed by atoms with van der Waals surface area (Å²) in [7, 11) is 0. The van der Waals surface area contributed by atoms with E-state index in [-0.39, 0.29) is 5.41 Å². The second kappa shape index (κ2) is 4.45. The van der Waals surface area contributed by atoms with Gasteiger partial charge in [-0.25, -0.2) is 0 Å². The lowest BCUT2D eigenvalue weighted by atomic mass is 9.75. The van der Waals surface area contributed by atoms with Crippen molar-refractivity contribution in [2.24, 2.45) is 5.41 Å². The Labute approximate surface area is 106 Å². The number of halogens is 3. The molecule has 3 heteroatoms. The number of alkyl halides is 3. The van der Waals surface area contributed by atoms with E-state index in [9.17, 15) is 13.2 Å². The maximum Gasteiger partial charge on any atom is 0.416 e. The van der Waals surface area contributed by atoms with E-state index in [1.165, 1.54) is 5.57 Å². The number of hydrogen-bond acceptors (Lipinski definition) is 0. The molecule has 0 N–H and O–H groups in total. The summed E-state index contributed by atoms with van der Waals surface area (Å²) < 4.78 is 37.4. The van der Waals surface area contributed by atoms with E-state index in [2.05, 4.69) is 19.9 Å². The largest absolute Gasteiger partial charge is 0.416 e. The fraction of sp³-hybridized carbons (Fsp3) is 0.467. The number of benzene rings is 1. The van der Waals surface area contributed by atoms with Crippen molar-refractivity contribution in [2.75, 3.05) is 0 Å². The Morgan fingerprint density at radius 3 is 2.17 bits per heavy atom. The second-order valence-electron chi connectivity index (χ2n) is 5.68. The summed E-state index contributed by atoms with van der Waals surface area (Å²) in [5.74, 6) is 0. The molecule has 1 aliphatic carbocycles. The number of rotatable bonds is 1. The van der Waals surface area contributed by atoms with Crippen molar-refractivity contribution in [3.05, 3.63) is 41.5 Å². The van der Waals surface area contributed by atoms with Crippen molar-refractivity contribution in [1.29, 1.82) is 0 Å². The van der Waals surface area contributed by atoms with Gasteiger partial charge < -0.3 is 0 Å². The molecule has 0 saturated heterocycles. The van der Waals surface area contributed by atoms with Crippen molar-refractivity contribution in [3.8, 4) is 0 Å². The molecule has 0 amide bonds. The molecule has 0 radical (unpaired) electrons. The first kappa shape index (κ1) is 13.2. The highest BCUT2D eigenvalue weighted by Crippen LogP contribution is 2.39. The SMILES string of the molecule is CC1(C)CCC=C(c2ccc(C(F)(F)F)cc2)C1. The zero-order valence-corrected chi connectivity index (χ0v) is 10.6. The van der Waals surface area contributed by atoms with Crippen LogP contribution >= 0.6 is 0 Å². The fourth-order valence-electron chi connectivity index (χ4n) is 2.41. The highest BCUT2D eigenvalue weighted by molar-refractivity contribution is 5.67. The molecule has 0 nitrogen and oxygen atoms in total. The first-order chi connectivity index (χ1) is 8.28. The van der Waals surface area contributed by atoms with E-state index in [0.29, 0.717) is 0 Å². The topological polar surface area (TPSA) is 0 Å². The van der Waals surface area contributed by atoms with Gasteiger partial charge in [0.25, 0.3) is 0 Å². The van der Waals surface area contributed by atoms with E-state index >= 15 is 0 Å². The van der Waals surface area contributed by atoms with E-state index in [4.69, 9.17) is 0 Å². The van der Waals surface area contributed by atoms with Gasteiger partial charge in [0.05, 0.1) is 5.56 Å². The molecule has 0 saturated carbocycles. The van der Waals surface area contributed by atoms with Crippen LogP contribution < -0.4 is 0 Å². The third kappa shape index (κ3) is 2.95. The van der Waals surface area contributed by atoms with E-state index in [0.717, 1.165) is 37.0 Å². The molecular formula is C15H17F3. The van der Waals surface area contributed by atoms with Crippen LogP contribution in [0.15, 0.2) is 30.3 Å². The molecule has 0 unspecified atom stereocenters. The monoisotopic (exact) mass is 254 g/mol. The maximum absolute atomic E-state index is 12.5. The van der Waals surface area contributed by atoms with Gasteiger partial charge in [-0.3, -0.25) is 0 Å². The zero-order valence-electron chi connectivity index (χ0n) is 10.6. The van der Waals surface area contributed by atoms with Gasteiger partial charge in [0, 0.05) is 0 Å². The Bertz CT molecular complexity index is 450. The average molecular weight is 254 g/mol. The molecule has 2 rings (SSSR count). The van der Waals surface area contributed by atoms with Crippen LogP contribution in [-0.2, 0) is 6.18 Å². The minimum absolute atomic E-state index is 0.243. The predicted octanol–water partition coefficient (Wildman–Crippen LogP) is 5.30. The summed E-state index contributed by atoms with van der Waals surface area (Å²) in [6.45, 7) is 4.40. The normalized spacial score (nSPS) is 19.5. The van der Waals surface area contributed by atoms with Gasteiger partial charge in [-0.05, 0) is 47.9 Å². The maximum atomic E-state index is 12.5.